The Labute approximate surface area is 158 Å². The monoisotopic (exact) mass is 365 g/mol. The molecule has 27 heavy (non-hydrogen) atoms. The Morgan fingerprint density at radius 3 is 2.81 bits per heavy atom. The summed E-state index contributed by atoms with van der Waals surface area (Å²) in [6.07, 6.45) is 2.57. The van der Waals surface area contributed by atoms with Crippen molar-refractivity contribution in [2.45, 2.75) is 32.8 Å². The molecular formula is C22H23NO4. The minimum atomic E-state index is -0.279. The summed E-state index contributed by atoms with van der Waals surface area (Å²) in [7, 11) is 1.61. The highest BCUT2D eigenvalue weighted by atomic mass is 16.5. The maximum atomic E-state index is 12.9. The van der Waals surface area contributed by atoms with Gasteiger partial charge < -0.3 is 19.5 Å². The van der Waals surface area contributed by atoms with Crippen LogP contribution in [0.15, 0.2) is 36.4 Å². The van der Waals surface area contributed by atoms with Gasteiger partial charge in [-0.05, 0) is 44.5 Å². The molecule has 2 aromatic rings. The van der Waals surface area contributed by atoms with Crippen LogP contribution in [0.5, 0.6) is 17.2 Å². The van der Waals surface area contributed by atoms with Crippen molar-refractivity contribution in [3.05, 3.63) is 53.1 Å². The number of carbonyl (C=O) groups excluding carboxylic acids is 1. The fourth-order valence-electron chi connectivity index (χ4n) is 3.61. The summed E-state index contributed by atoms with van der Waals surface area (Å²) in [6, 6.07) is 9.61. The molecule has 0 spiro atoms. The van der Waals surface area contributed by atoms with E-state index in [2.05, 4.69) is 5.32 Å². The van der Waals surface area contributed by atoms with Crippen LogP contribution in [0.25, 0.3) is 5.57 Å². The minimum absolute atomic E-state index is 0.163. The molecule has 5 nitrogen and oxygen atoms in total. The van der Waals surface area contributed by atoms with Gasteiger partial charge in [0.2, 0.25) is 0 Å². The first-order chi connectivity index (χ1) is 12.9. The van der Waals surface area contributed by atoms with Gasteiger partial charge in [0.1, 0.15) is 18.0 Å². The molecular weight excluding hydrogens is 342 g/mol. The van der Waals surface area contributed by atoms with Gasteiger partial charge in [0.15, 0.2) is 11.5 Å². The van der Waals surface area contributed by atoms with E-state index in [1.165, 1.54) is 0 Å². The Hall–Kier alpha value is -2.95. The number of amides is 1. The van der Waals surface area contributed by atoms with Gasteiger partial charge in [0, 0.05) is 34.9 Å². The zero-order valence-electron chi connectivity index (χ0n) is 16.0. The lowest BCUT2D eigenvalue weighted by molar-refractivity contribution is -0.111. The predicted molar refractivity (Wildman–Crippen MR) is 105 cm³/mol. The largest absolute Gasteiger partial charge is 0.493 e. The van der Waals surface area contributed by atoms with Crippen molar-refractivity contribution in [2.75, 3.05) is 19.0 Å². The first-order valence-corrected chi connectivity index (χ1v) is 9.01. The average molecular weight is 365 g/mol. The second kappa shape index (κ2) is 6.34. The first-order valence-electron chi connectivity index (χ1n) is 9.01. The molecule has 1 N–H and O–H groups in total. The maximum Gasteiger partial charge on any atom is 0.256 e. The summed E-state index contributed by atoms with van der Waals surface area (Å²) in [4.78, 5) is 12.9. The summed E-state index contributed by atoms with van der Waals surface area (Å²) >= 11 is 0. The summed E-state index contributed by atoms with van der Waals surface area (Å²) in [6.45, 7) is 6.46. The van der Waals surface area contributed by atoms with Crippen LogP contribution in [0.1, 0.15) is 30.5 Å². The molecule has 1 amide bonds. The molecule has 140 valence electrons. The van der Waals surface area contributed by atoms with E-state index < -0.39 is 0 Å². The molecule has 0 radical (unpaired) electrons. The highest BCUT2D eigenvalue weighted by Gasteiger charge is 2.33. The van der Waals surface area contributed by atoms with Gasteiger partial charge >= 0.3 is 0 Å². The lowest BCUT2D eigenvalue weighted by Crippen LogP contribution is -2.24. The molecule has 5 heteroatoms. The number of hydrogen-bond donors (Lipinski definition) is 1. The molecule has 0 aromatic heterocycles. The summed E-state index contributed by atoms with van der Waals surface area (Å²) in [5.74, 6) is 1.96. The zero-order valence-corrected chi connectivity index (χ0v) is 16.0. The average Bonchev–Trinajstić information content (AvgIpc) is 2.94. The fourth-order valence-corrected chi connectivity index (χ4v) is 3.61. The van der Waals surface area contributed by atoms with Crippen LogP contribution in [0.3, 0.4) is 0 Å². The molecule has 2 aromatic carbocycles. The van der Waals surface area contributed by atoms with E-state index in [0.717, 1.165) is 34.6 Å². The number of benzene rings is 2. The van der Waals surface area contributed by atoms with E-state index in [4.69, 9.17) is 14.2 Å². The molecule has 0 saturated carbocycles. The minimum Gasteiger partial charge on any atom is -0.493 e. The van der Waals surface area contributed by atoms with E-state index in [9.17, 15) is 4.79 Å². The van der Waals surface area contributed by atoms with Crippen molar-refractivity contribution in [1.29, 1.82) is 0 Å². The smallest absolute Gasteiger partial charge is 0.256 e. The Kier molecular flexibility index (Phi) is 4.10. The molecule has 2 heterocycles. The second-order valence-electron chi connectivity index (χ2n) is 7.59. The summed E-state index contributed by atoms with van der Waals surface area (Å²) in [5, 5.41) is 3.00. The fraction of sp³-hybridized carbons (Fsp3) is 0.318. The van der Waals surface area contributed by atoms with Crippen molar-refractivity contribution in [1.82, 2.24) is 0 Å². The first kappa shape index (κ1) is 17.5. The molecule has 0 bridgehead atoms. The van der Waals surface area contributed by atoms with Crippen molar-refractivity contribution < 1.29 is 19.0 Å². The number of methoxy groups -OCH3 is 1. The molecule has 0 atom stereocenters. The van der Waals surface area contributed by atoms with Crippen molar-refractivity contribution in [3.63, 3.8) is 0 Å². The van der Waals surface area contributed by atoms with Gasteiger partial charge in [-0.1, -0.05) is 12.1 Å². The van der Waals surface area contributed by atoms with E-state index in [1.54, 1.807) is 13.2 Å². The van der Waals surface area contributed by atoms with Gasteiger partial charge in [-0.15, -0.1) is 0 Å². The zero-order chi connectivity index (χ0) is 19.2. The number of anilines is 1. The van der Waals surface area contributed by atoms with Gasteiger partial charge in [0.25, 0.3) is 5.91 Å². The van der Waals surface area contributed by atoms with Crippen molar-refractivity contribution in [3.8, 4) is 17.2 Å². The number of rotatable bonds is 3. The van der Waals surface area contributed by atoms with Gasteiger partial charge in [0.05, 0.1) is 7.11 Å². The third-order valence-corrected chi connectivity index (χ3v) is 4.80. The SMILES string of the molecule is COc1cc(NC(=O)C2=CCOc3cc(C)ccc32)cc2c1OC(C)(C)C2. The molecule has 4 rings (SSSR count). The Morgan fingerprint density at radius 1 is 1.22 bits per heavy atom. The van der Waals surface area contributed by atoms with Crippen LogP contribution in [0, 0.1) is 6.92 Å². The summed E-state index contributed by atoms with van der Waals surface area (Å²) < 4.78 is 17.1. The van der Waals surface area contributed by atoms with E-state index >= 15 is 0 Å². The highest BCUT2D eigenvalue weighted by molar-refractivity contribution is 6.26. The molecule has 0 fully saturated rings. The number of nitrogens with one attached hydrogen (secondary N) is 1. The number of aryl methyl sites for hydroxylation is 1. The molecule has 2 aliphatic heterocycles. The second-order valence-corrected chi connectivity index (χ2v) is 7.59. The Bertz CT molecular complexity index is 959. The van der Waals surface area contributed by atoms with Crippen LogP contribution < -0.4 is 19.5 Å². The Balaban J connectivity index is 1.62. The number of ether oxygens (including phenoxy) is 3. The predicted octanol–water partition coefficient (Wildman–Crippen LogP) is 4.13. The quantitative estimate of drug-likeness (QED) is 0.888. The molecule has 2 aliphatic rings. The van der Waals surface area contributed by atoms with Crippen LogP contribution in [-0.2, 0) is 11.2 Å². The van der Waals surface area contributed by atoms with Crippen LogP contribution in [0.2, 0.25) is 0 Å². The Morgan fingerprint density at radius 2 is 2.04 bits per heavy atom. The normalized spacial score (nSPS) is 16.4. The third-order valence-electron chi connectivity index (χ3n) is 4.80. The van der Waals surface area contributed by atoms with Crippen molar-refractivity contribution in [2.24, 2.45) is 0 Å². The summed E-state index contributed by atoms with van der Waals surface area (Å²) in [5.41, 5.74) is 3.97. The molecule has 0 aliphatic carbocycles. The van der Waals surface area contributed by atoms with Crippen LogP contribution >= 0.6 is 0 Å². The van der Waals surface area contributed by atoms with E-state index in [1.807, 2.05) is 51.1 Å². The van der Waals surface area contributed by atoms with E-state index in [0.29, 0.717) is 23.6 Å². The van der Waals surface area contributed by atoms with E-state index in [-0.39, 0.29) is 11.5 Å². The number of hydrogen-bond acceptors (Lipinski definition) is 4. The van der Waals surface area contributed by atoms with Gasteiger partial charge in [-0.2, -0.15) is 0 Å². The molecule has 0 unspecified atom stereocenters. The number of fused-ring (bicyclic) bond motifs is 2. The maximum absolute atomic E-state index is 12.9. The highest BCUT2D eigenvalue weighted by Crippen LogP contribution is 2.44. The van der Waals surface area contributed by atoms with Crippen molar-refractivity contribution >= 4 is 17.2 Å². The topological polar surface area (TPSA) is 56.8 Å². The van der Waals surface area contributed by atoms with Crippen LogP contribution in [0.4, 0.5) is 5.69 Å². The van der Waals surface area contributed by atoms with Gasteiger partial charge in [-0.3, -0.25) is 4.79 Å². The third kappa shape index (κ3) is 3.25. The van der Waals surface area contributed by atoms with Crippen LogP contribution in [-0.4, -0.2) is 25.2 Å². The number of carbonyl (C=O) groups is 1. The lowest BCUT2D eigenvalue weighted by Gasteiger charge is -2.19. The molecule has 0 saturated heterocycles. The standard InChI is InChI=1S/C22H23NO4/c1-13-5-6-16-17(7-8-26-18(16)9-13)21(24)23-15-10-14-12-22(2,3)27-20(14)19(11-15)25-4/h5-7,9-11H,8,12H2,1-4H3,(H,23,24). The van der Waals surface area contributed by atoms with Gasteiger partial charge in [-0.25, -0.2) is 0 Å². The lowest BCUT2D eigenvalue weighted by atomic mass is 9.99.